The van der Waals surface area contributed by atoms with Crippen LogP contribution >= 0.6 is 11.3 Å². The van der Waals surface area contributed by atoms with Crippen LogP contribution in [0.15, 0.2) is 23.3 Å². The van der Waals surface area contributed by atoms with E-state index in [0.29, 0.717) is 6.42 Å². The number of thiazole rings is 1. The lowest BCUT2D eigenvalue weighted by Gasteiger charge is -2.02. The molecular formula is C14H18N4OS. The smallest absolute Gasteiger partial charge is 0.224 e. The lowest BCUT2D eigenvalue weighted by molar-refractivity contribution is -0.115. The zero-order chi connectivity index (χ0) is 14.5. The third kappa shape index (κ3) is 3.54. The van der Waals surface area contributed by atoms with Gasteiger partial charge in [-0.3, -0.25) is 10.2 Å². The van der Waals surface area contributed by atoms with E-state index < -0.39 is 0 Å². The number of hydrogen-bond donors (Lipinski definition) is 2. The average Bonchev–Trinajstić information content (AvgIpc) is 2.86. The zero-order valence-corrected chi connectivity index (χ0v) is 12.7. The molecule has 0 bridgehead atoms. The highest BCUT2D eigenvalue weighted by atomic mass is 32.1. The topological polar surface area (TPSA) is 66.4 Å². The first-order valence-electron chi connectivity index (χ1n) is 6.62. The quantitative estimate of drug-likeness (QED) is 0.649. The van der Waals surface area contributed by atoms with E-state index in [1.165, 1.54) is 11.3 Å². The monoisotopic (exact) mass is 290 g/mol. The van der Waals surface area contributed by atoms with Crippen molar-refractivity contribution in [2.24, 2.45) is 5.10 Å². The van der Waals surface area contributed by atoms with Gasteiger partial charge in [0.15, 0.2) is 0 Å². The van der Waals surface area contributed by atoms with Gasteiger partial charge in [0.05, 0.1) is 10.2 Å². The predicted molar refractivity (Wildman–Crippen MR) is 85.6 cm³/mol. The number of hydrazone groups is 1. The summed E-state index contributed by atoms with van der Waals surface area (Å²) in [7, 11) is 0. The zero-order valence-electron chi connectivity index (χ0n) is 11.9. The minimum absolute atomic E-state index is 0.00962. The number of nitrogens with zero attached hydrogens (tertiary/aromatic N) is 2. The molecule has 0 saturated heterocycles. The maximum absolute atomic E-state index is 11.4. The first kappa shape index (κ1) is 14.5. The summed E-state index contributed by atoms with van der Waals surface area (Å²) < 4.78 is 1.02. The highest BCUT2D eigenvalue weighted by Crippen LogP contribution is 2.28. The Bertz CT molecular complexity index is 648. The third-order valence-electron chi connectivity index (χ3n) is 2.85. The summed E-state index contributed by atoms with van der Waals surface area (Å²) in [5, 5.41) is 7.84. The Morgan fingerprint density at radius 2 is 2.15 bits per heavy atom. The number of benzene rings is 1. The molecule has 1 heterocycles. The molecule has 2 N–H and O–H groups in total. The minimum Gasteiger partial charge on any atom is -0.326 e. The van der Waals surface area contributed by atoms with Gasteiger partial charge in [0.2, 0.25) is 11.0 Å². The van der Waals surface area contributed by atoms with Gasteiger partial charge < -0.3 is 5.32 Å². The van der Waals surface area contributed by atoms with Crippen molar-refractivity contribution in [1.29, 1.82) is 0 Å². The summed E-state index contributed by atoms with van der Waals surface area (Å²) >= 11 is 1.52. The van der Waals surface area contributed by atoms with E-state index in [4.69, 9.17) is 0 Å². The SMILES string of the molecule is CCC(=O)Nc1ccc2nc(N/N=C(\C)CC)sc2c1. The van der Waals surface area contributed by atoms with Gasteiger partial charge in [-0.05, 0) is 31.5 Å². The van der Waals surface area contributed by atoms with Crippen LogP contribution in [-0.4, -0.2) is 16.6 Å². The molecule has 20 heavy (non-hydrogen) atoms. The van der Waals surface area contributed by atoms with E-state index in [9.17, 15) is 4.79 Å². The van der Waals surface area contributed by atoms with Gasteiger partial charge in [-0.1, -0.05) is 25.2 Å². The Morgan fingerprint density at radius 1 is 1.35 bits per heavy atom. The molecular weight excluding hydrogens is 272 g/mol. The average molecular weight is 290 g/mol. The maximum Gasteiger partial charge on any atom is 0.224 e. The van der Waals surface area contributed by atoms with E-state index in [1.54, 1.807) is 0 Å². The summed E-state index contributed by atoms with van der Waals surface area (Å²) in [6.45, 7) is 5.86. The van der Waals surface area contributed by atoms with Crippen LogP contribution in [0.25, 0.3) is 10.2 Å². The number of nitrogens with one attached hydrogen (secondary N) is 2. The molecule has 106 valence electrons. The molecule has 2 rings (SSSR count). The van der Waals surface area contributed by atoms with Crippen LogP contribution in [0, 0.1) is 0 Å². The third-order valence-corrected chi connectivity index (χ3v) is 3.77. The molecule has 0 spiro atoms. The Morgan fingerprint density at radius 3 is 2.85 bits per heavy atom. The second kappa shape index (κ2) is 6.47. The number of carbonyl (C=O) groups excluding carboxylic acids is 1. The van der Waals surface area contributed by atoms with Gasteiger partial charge in [0.1, 0.15) is 0 Å². The molecule has 0 unspecified atom stereocenters. The van der Waals surface area contributed by atoms with E-state index in [1.807, 2.05) is 32.0 Å². The van der Waals surface area contributed by atoms with Crippen molar-refractivity contribution >= 4 is 44.0 Å². The summed E-state index contributed by atoms with van der Waals surface area (Å²) in [5.74, 6) is 0.00962. The molecule has 6 heteroatoms. The Kier molecular flexibility index (Phi) is 4.68. The highest BCUT2D eigenvalue weighted by Gasteiger charge is 2.05. The molecule has 0 fully saturated rings. The standard InChI is InChI=1S/C14H18N4OS/c1-4-9(3)17-18-14-16-11-7-6-10(8-12(11)20-14)15-13(19)5-2/h6-8H,4-5H2,1-3H3,(H,15,19)(H,16,18)/b17-9+. The first-order valence-corrected chi connectivity index (χ1v) is 7.43. The number of hydrogen-bond acceptors (Lipinski definition) is 5. The van der Waals surface area contributed by atoms with Crippen molar-refractivity contribution in [2.75, 3.05) is 10.7 Å². The van der Waals surface area contributed by atoms with Crippen molar-refractivity contribution in [2.45, 2.75) is 33.6 Å². The van der Waals surface area contributed by atoms with E-state index in [2.05, 4.69) is 27.8 Å². The van der Waals surface area contributed by atoms with E-state index in [-0.39, 0.29) is 5.91 Å². The fraction of sp³-hybridized carbons (Fsp3) is 0.357. The molecule has 2 aromatic rings. The van der Waals surface area contributed by atoms with Gasteiger partial charge in [0, 0.05) is 17.8 Å². The fourth-order valence-electron chi connectivity index (χ4n) is 1.52. The molecule has 1 amide bonds. The summed E-state index contributed by atoms with van der Waals surface area (Å²) in [4.78, 5) is 15.8. The van der Waals surface area contributed by atoms with E-state index >= 15 is 0 Å². The molecule has 5 nitrogen and oxygen atoms in total. The number of aromatic nitrogens is 1. The normalized spacial score (nSPS) is 11.7. The minimum atomic E-state index is 0.00962. The van der Waals surface area contributed by atoms with Crippen LogP contribution in [0.2, 0.25) is 0 Å². The molecule has 1 aromatic heterocycles. The lowest BCUT2D eigenvalue weighted by Crippen LogP contribution is -2.08. The Balaban J connectivity index is 2.19. The second-order valence-corrected chi connectivity index (χ2v) is 5.45. The number of carbonyl (C=O) groups is 1. The number of amides is 1. The van der Waals surface area contributed by atoms with Crippen molar-refractivity contribution in [3.05, 3.63) is 18.2 Å². The van der Waals surface area contributed by atoms with Crippen molar-refractivity contribution in [3.8, 4) is 0 Å². The Hall–Kier alpha value is -1.95. The van der Waals surface area contributed by atoms with Crippen LogP contribution in [0.3, 0.4) is 0 Å². The largest absolute Gasteiger partial charge is 0.326 e. The van der Waals surface area contributed by atoms with Gasteiger partial charge in [-0.25, -0.2) is 4.98 Å². The van der Waals surface area contributed by atoms with Gasteiger partial charge in [-0.2, -0.15) is 5.10 Å². The fourth-order valence-corrected chi connectivity index (χ4v) is 2.37. The van der Waals surface area contributed by atoms with Gasteiger partial charge in [0.25, 0.3) is 0 Å². The molecule has 0 aliphatic carbocycles. The van der Waals surface area contributed by atoms with Crippen LogP contribution in [0.5, 0.6) is 0 Å². The second-order valence-electron chi connectivity index (χ2n) is 4.42. The molecule has 0 aliphatic heterocycles. The molecule has 0 radical (unpaired) electrons. The first-order chi connectivity index (χ1) is 9.62. The molecule has 0 atom stereocenters. The van der Waals surface area contributed by atoms with Crippen LogP contribution in [0.4, 0.5) is 10.8 Å². The van der Waals surface area contributed by atoms with E-state index in [0.717, 1.165) is 33.2 Å². The summed E-state index contributed by atoms with van der Waals surface area (Å²) in [5.41, 5.74) is 5.69. The highest BCUT2D eigenvalue weighted by molar-refractivity contribution is 7.22. The Labute approximate surface area is 122 Å². The number of fused-ring (bicyclic) bond motifs is 1. The van der Waals surface area contributed by atoms with Crippen LogP contribution in [-0.2, 0) is 4.79 Å². The number of rotatable bonds is 5. The van der Waals surface area contributed by atoms with Crippen LogP contribution < -0.4 is 10.7 Å². The summed E-state index contributed by atoms with van der Waals surface area (Å²) in [6.07, 6.45) is 1.38. The van der Waals surface area contributed by atoms with Crippen molar-refractivity contribution in [3.63, 3.8) is 0 Å². The predicted octanol–water partition coefficient (Wildman–Crippen LogP) is 3.84. The molecule has 1 aromatic carbocycles. The maximum atomic E-state index is 11.4. The lowest BCUT2D eigenvalue weighted by atomic mass is 10.3. The van der Waals surface area contributed by atoms with Crippen molar-refractivity contribution in [1.82, 2.24) is 4.98 Å². The summed E-state index contributed by atoms with van der Waals surface area (Å²) in [6, 6.07) is 5.70. The number of anilines is 2. The van der Waals surface area contributed by atoms with Gasteiger partial charge >= 0.3 is 0 Å². The van der Waals surface area contributed by atoms with Crippen LogP contribution in [0.1, 0.15) is 33.6 Å². The molecule has 0 saturated carbocycles. The molecule has 0 aliphatic rings. The van der Waals surface area contributed by atoms with Gasteiger partial charge in [-0.15, -0.1) is 0 Å². The van der Waals surface area contributed by atoms with Crippen molar-refractivity contribution < 1.29 is 4.79 Å².